The lowest BCUT2D eigenvalue weighted by Gasteiger charge is -2.51. The third-order valence-electron chi connectivity index (χ3n) is 8.12. The van der Waals surface area contributed by atoms with E-state index in [4.69, 9.17) is 37.9 Å². The van der Waals surface area contributed by atoms with E-state index in [2.05, 4.69) is 0 Å². The lowest BCUT2D eigenvalue weighted by molar-refractivity contribution is -0.387. The van der Waals surface area contributed by atoms with Crippen LogP contribution in [-0.4, -0.2) is 94.0 Å². The zero-order valence-corrected chi connectivity index (χ0v) is 32.9. The van der Waals surface area contributed by atoms with Crippen LogP contribution in [0.3, 0.4) is 0 Å². The van der Waals surface area contributed by atoms with Gasteiger partial charge in [-0.2, -0.15) is 0 Å². The summed E-state index contributed by atoms with van der Waals surface area (Å²) in [6, 6.07) is 9.46. The van der Waals surface area contributed by atoms with Gasteiger partial charge in [0.15, 0.2) is 18.0 Å². The van der Waals surface area contributed by atoms with Gasteiger partial charge in [-0.3, -0.25) is 4.79 Å². The second-order valence-corrected chi connectivity index (χ2v) is 16.6. The van der Waals surface area contributed by atoms with Gasteiger partial charge in [0.2, 0.25) is 17.5 Å². The number of rotatable bonds is 13. The van der Waals surface area contributed by atoms with Crippen molar-refractivity contribution in [3.63, 3.8) is 0 Å². The van der Waals surface area contributed by atoms with E-state index >= 15 is 0 Å². The van der Waals surface area contributed by atoms with Crippen molar-refractivity contribution in [1.29, 1.82) is 0 Å². The van der Waals surface area contributed by atoms with Gasteiger partial charge in [0.1, 0.15) is 16.8 Å². The Bertz CT molecular complexity index is 1470. The van der Waals surface area contributed by atoms with Crippen molar-refractivity contribution in [2.75, 3.05) is 7.11 Å². The van der Waals surface area contributed by atoms with Crippen LogP contribution in [0.1, 0.15) is 114 Å². The van der Waals surface area contributed by atoms with Gasteiger partial charge in [0.05, 0.1) is 0 Å². The summed E-state index contributed by atoms with van der Waals surface area (Å²) in [5, 5.41) is 13.0. The number of esters is 4. The number of allylic oxidation sites excluding steroid dienone is 1. The standard InChI is InChI=1S/C39H58O13/c1-14-20-26(40)46-28-27(47-36(11,12)45-13)37(24-19-18-23-25-21-16-15-17-22-25)48-29(30(41)49-33(2,3)4)38(44,31(42)50-34(5,6)7)39(28,52-37)32(43)51-35(8,9)10/h15-18,21-23,27-29,44H,14,19-20,24H2,1-13H3/b23-18+/t27-,28-,29-,37-,38-,39-/m1/s1. The number of ether oxygens (including phenoxy) is 8. The van der Waals surface area contributed by atoms with Gasteiger partial charge in [-0.15, -0.1) is 0 Å². The van der Waals surface area contributed by atoms with Crippen LogP contribution < -0.4 is 0 Å². The molecule has 3 rings (SSSR count). The minimum absolute atomic E-state index is 0.116. The van der Waals surface area contributed by atoms with Crippen LogP contribution in [0.4, 0.5) is 0 Å². The second kappa shape index (κ2) is 15.5. The van der Waals surface area contributed by atoms with Gasteiger partial charge in [-0.25, -0.2) is 14.4 Å². The third kappa shape index (κ3) is 9.59. The van der Waals surface area contributed by atoms with E-state index in [1.54, 1.807) is 62.3 Å². The fourth-order valence-corrected chi connectivity index (χ4v) is 5.93. The van der Waals surface area contributed by atoms with E-state index in [9.17, 15) is 24.3 Å². The van der Waals surface area contributed by atoms with Crippen LogP contribution in [-0.2, 0) is 57.1 Å². The summed E-state index contributed by atoms with van der Waals surface area (Å²) in [7, 11) is 1.38. The molecule has 0 aromatic heterocycles. The average molecular weight is 735 g/mol. The number of carbonyl (C=O) groups excluding carboxylic acids is 4. The molecule has 0 amide bonds. The summed E-state index contributed by atoms with van der Waals surface area (Å²) >= 11 is 0. The largest absolute Gasteiger partial charge is 0.458 e. The van der Waals surface area contributed by atoms with Gasteiger partial charge >= 0.3 is 23.9 Å². The molecule has 2 saturated heterocycles. The normalized spacial score (nSPS) is 28.0. The molecule has 2 aliphatic heterocycles. The summed E-state index contributed by atoms with van der Waals surface area (Å²) in [4.78, 5) is 57.2. The number of carbonyl (C=O) groups is 4. The molecule has 52 heavy (non-hydrogen) atoms. The van der Waals surface area contributed by atoms with Crippen molar-refractivity contribution in [2.24, 2.45) is 0 Å². The highest BCUT2D eigenvalue weighted by molar-refractivity contribution is 6.00. The molecule has 0 radical (unpaired) electrons. The molecule has 2 bridgehead atoms. The number of hydrogen-bond acceptors (Lipinski definition) is 13. The van der Waals surface area contributed by atoms with E-state index < -0.39 is 81.8 Å². The van der Waals surface area contributed by atoms with Crippen molar-refractivity contribution in [2.45, 2.75) is 167 Å². The van der Waals surface area contributed by atoms with E-state index in [1.165, 1.54) is 27.9 Å². The number of methoxy groups -OCH3 is 1. The van der Waals surface area contributed by atoms with Crippen molar-refractivity contribution < 1.29 is 62.2 Å². The molecule has 0 spiro atoms. The molecule has 0 aliphatic carbocycles. The Morgan fingerprint density at radius 3 is 1.90 bits per heavy atom. The fourth-order valence-electron chi connectivity index (χ4n) is 5.93. The Morgan fingerprint density at radius 2 is 1.38 bits per heavy atom. The van der Waals surface area contributed by atoms with Gasteiger partial charge in [-0.05, 0) is 94.6 Å². The number of hydrogen-bond donors (Lipinski definition) is 1. The summed E-state index contributed by atoms with van der Waals surface area (Å²) in [6.45, 7) is 18.9. The zero-order valence-electron chi connectivity index (χ0n) is 32.9. The first-order valence-corrected chi connectivity index (χ1v) is 17.7. The first-order valence-electron chi connectivity index (χ1n) is 17.7. The molecule has 2 aliphatic rings. The Balaban J connectivity index is 2.47. The molecule has 292 valence electrons. The van der Waals surface area contributed by atoms with Gasteiger partial charge in [-0.1, -0.05) is 49.4 Å². The quantitative estimate of drug-likeness (QED) is 0.152. The van der Waals surface area contributed by atoms with Gasteiger partial charge in [0, 0.05) is 20.0 Å². The third-order valence-corrected chi connectivity index (χ3v) is 8.12. The highest BCUT2D eigenvalue weighted by atomic mass is 16.8. The van der Waals surface area contributed by atoms with E-state index in [0.717, 1.165) is 5.56 Å². The lowest BCUT2D eigenvalue weighted by atomic mass is 9.74. The van der Waals surface area contributed by atoms with Crippen LogP contribution in [0.15, 0.2) is 36.4 Å². The van der Waals surface area contributed by atoms with Crippen molar-refractivity contribution in [3.05, 3.63) is 42.0 Å². The number of aliphatic hydroxyl groups is 1. The summed E-state index contributed by atoms with van der Waals surface area (Å²) < 4.78 is 48.6. The van der Waals surface area contributed by atoms with Crippen LogP contribution in [0.5, 0.6) is 0 Å². The first-order chi connectivity index (χ1) is 23.8. The molecule has 2 fully saturated rings. The molecule has 0 unspecified atom stereocenters. The van der Waals surface area contributed by atoms with Crippen molar-refractivity contribution >= 4 is 30.0 Å². The predicted octanol–water partition coefficient (Wildman–Crippen LogP) is 5.58. The van der Waals surface area contributed by atoms with Gasteiger partial charge in [0.25, 0.3) is 5.60 Å². The molecule has 1 N–H and O–H groups in total. The Kier molecular flexibility index (Phi) is 12.9. The second-order valence-electron chi connectivity index (χ2n) is 16.6. The van der Waals surface area contributed by atoms with Crippen LogP contribution in [0, 0.1) is 0 Å². The summed E-state index contributed by atoms with van der Waals surface area (Å²) in [5.74, 6) is -8.47. The van der Waals surface area contributed by atoms with Crippen LogP contribution >= 0.6 is 0 Å². The molecule has 0 saturated carbocycles. The highest BCUT2D eigenvalue weighted by Gasteiger charge is 2.87. The monoisotopic (exact) mass is 734 g/mol. The molecule has 1 aromatic rings. The van der Waals surface area contributed by atoms with Crippen molar-refractivity contribution in [1.82, 2.24) is 0 Å². The maximum Gasteiger partial charge on any atom is 0.347 e. The van der Waals surface area contributed by atoms with Gasteiger partial charge < -0.3 is 43.0 Å². The number of benzene rings is 1. The molecule has 13 nitrogen and oxygen atoms in total. The molecule has 2 heterocycles. The first kappa shape index (κ1) is 43.0. The molecule has 6 atom stereocenters. The van der Waals surface area contributed by atoms with E-state index in [1.807, 2.05) is 42.5 Å². The SMILES string of the molecule is CCCC(=O)O[C@@H]1[C@@H](OC(C)(C)OC)[C@]2(CC/C=C/c3ccccc3)O[C@H](C(=O)OC(C)(C)C)[C@@](O)(C(=O)OC(C)(C)C)[C@@]1(C(=O)OC(C)(C)C)O2. The minimum atomic E-state index is -3.37. The minimum Gasteiger partial charge on any atom is -0.458 e. The lowest BCUT2D eigenvalue weighted by Crippen LogP contribution is -2.79. The fraction of sp³-hybridized carbons (Fsp3) is 0.692. The molecule has 1 aromatic carbocycles. The zero-order chi connectivity index (χ0) is 39.6. The van der Waals surface area contributed by atoms with Crippen LogP contribution in [0.25, 0.3) is 6.08 Å². The summed E-state index contributed by atoms with van der Waals surface area (Å²) in [6.07, 6.45) is -1.90. The average Bonchev–Trinajstić information content (AvgIpc) is 3.22. The van der Waals surface area contributed by atoms with E-state index in [0.29, 0.717) is 6.42 Å². The highest BCUT2D eigenvalue weighted by Crippen LogP contribution is 2.58. The Hall–Kier alpha value is -3.36. The Morgan fingerprint density at radius 1 is 0.827 bits per heavy atom. The molecule has 13 heteroatoms. The number of fused-ring (bicyclic) bond motifs is 2. The Labute approximate surface area is 307 Å². The predicted molar refractivity (Wildman–Crippen MR) is 189 cm³/mol. The maximum absolute atomic E-state index is 14.9. The molecular formula is C39H58O13. The maximum atomic E-state index is 14.9. The molecular weight excluding hydrogens is 676 g/mol. The van der Waals surface area contributed by atoms with Crippen molar-refractivity contribution in [3.8, 4) is 0 Å². The summed E-state index contributed by atoms with van der Waals surface area (Å²) in [5.41, 5.74) is -9.15. The topological polar surface area (TPSA) is 162 Å². The van der Waals surface area contributed by atoms with E-state index in [-0.39, 0.29) is 19.3 Å². The van der Waals surface area contributed by atoms with Crippen LogP contribution in [0.2, 0.25) is 0 Å². The smallest absolute Gasteiger partial charge is 0.347 e.